The standard InChI is InChI=1S/C26H27N7O/c1-19-9-10-22(29-20(19)2)23-17-24(21-7-4-3-5-8-21)33(30-23)18-25(34)31-13-15-32(16-14-31)26-27-11-6-12-28-26/h3-12,17H,13-16,18H2,1-2H3. The summed E-state index contributed by atoms with van der Waals surface area (Å²) in [5.74, 6) is 0.757. The molecule has 0 aliphatic carbocycles. The molecular weight excluding hydrogens is 426 g/mol. The summed E-state index contributed by atoms with van der Waals surface area (Å²) in [5, 5.41) is 4.80. The van der Waals surface area contributed by atoms with Gasteiger partial charge in [0.2, 0.25) is 11.9 Å². The quantitative estimate of drug-likeness (QED) is 0.461. The molecule has 1 amide bonds. The van der Waals surface area contributed by atoms with Crippen LogP contribution in [0.25, 0.3) is 22.6 Å². The number of pyridine rings is 1. The third-order valence-electron chi connectivity index (χ3n) is 6.21. The van der Waals surface area contributed by atoms with Crippen molar-refractivity contribution in [2.75, 3.05) is 31.1 Å². The Morgan fingerprint density at radius 1 is 0.882 bits per heavy atom. The summed E-state index contributed by atoms with van der Waals surface area (Å²) in [6.07, 6.45) is 3.48. The zero-order chi connectivity index (χ0) is 23.5. The van der Waals surface area contributed by atoms with E-state index in [4.69, 9.17) is 10.1 Å². The van der Waals surface area contributed by atoms with Gasteiger partial charge in [-0.05, 0) is 43.2 Å². The second kappa shape index (κ2) is 9.43. The number of carbonyl (C=O) groups is 1. The fourth-order valence-electron chi connectivity index (χ4n) is 4.12. The second-order valence-corrected chi connectivity index (χ2v) is 8.45. The number of rotatable bonds is 5. The van der Waals surface area contributed by atoms with E-state index in [0.29, 0.717) is 32.1 Å². The smallest absolute Gasteiger partial charge is 0.244 e. The largest absolute Gasteiger partial charge is 0.338 e. The van der Waals surface area contributed by atoms with Crippen LogP contribution in [-0.2, 0) is 11.3 Å². The lowest BCUT2D eigenvalue weighted by Gasteiger charge is -2.34. The van der Waals surface area contributed by atoms with Crippen molar-refractivity contribution in [2.24, 2.45) is 0 Å². The highest BCUT2D eigenvalue weighted by Crippen LogP contribution is 2.26. The van der Waals surface area contributed by atoms with Gasteiger partial charge < -0.3 is 9.80 Å². The predicted octanol–water partition coefficient (Wildman–Crippen LogP) is 3.37. The van der Waals surface area contributed by atoms with Crippen LogP contribution >= 0.6 is 0 Å². The summed E-state index contributed by atoms with van der Waals surface area (Å²) in [6, 6.07) is 17.9. The molecule has 0 spiro atoms. The summed E-state index contributed by atoms with van der Waals surface area (Å²) in [6.45, 7) is 6.89. The Hall–Kier alpha value is -4.07. The highest BCUT2D eigenvalue weighted by molar-refractivity contribution is 5.78. The lowest BCUT2D eigenvalue weighted by Crippen LogP contribution is -2.50. The van der Waals surface area contributed by atoms with E-state index in [1.54, 1.807) is 23.1 Å². The number of piperazine rings is 1. The molecule has 0 N–H and O–H groups in total. The van der Waals surface area contributed by atoms with Crippen molar-refractivity contribution in [3.8, 4) is 22.6 Å². The zero-order valence-corrected chi connectivity index (χ0v) is 19.4. The van der Waals surface area contributed by atoms with Crippen LogP contribution in [-0.4, -0.2) is 61.7 Å². The molecule has 0 radical (unpaired) electrons. The molecule has 4 aromatic rings. The van der Waals surface area contributed by atoms with Crippen LogP contribution in [0, 0.1) is 13.8 Å². The van der Waals surface area contributed by atoms with E-state index in [0.717, 1.165) is 33.9 Å². The van der Waals surface area contributed by atoms with Gasteiger partial charge in [0, 0.05) is 44.3 Å². The van der Waals surface area contributed by atoms with E-state index in [9.17, 15) is 4.79 Å². The van der Waals surface area contributed by atoms with Gasteiger partial charge in [0.15, 0.2) is 0 Å². The molecule has 172 valence electrons. The van der Waals surface area contributed by atoms with Gasteiger partial charge in [-0.3, -0.25) is 14.5 Å². The summed E-state index contributed by atoms with van der Waals surface area (Å²) in [5.41, 5.74) is 5.61. The normalized spacial score (nSPS) is 13.8. The number of carbonyl (C=O) groups excluding carboxylic acids is 1. The van der Waals surface area contributed by atoms with Crippen LogP contribution < -0.4 is 4.90 Å². The van der Waals surface area contributed by atoms with Crippen LogP contribution in [0.3, 0.4) is 0 Å². The number of aryl methyl sites for hydroxylation is 2. The van der Waals surface area contributed by atoms with Gasteiger partial charge in [-0.15, -0.1) is 0 Å². The van der Waals surface area contributed by atoms with Crippen LogP contribution in [0.1, 0.15) is 11.3 Å². The van der Waals surface area contributed by atoms with Gasteiger partial charge in [-0.25, -0.2) is 9.97 Å². The van der Waals surface area contributed by atoms with Crippen LogP contribution in [0.15, 0.2) is 67.0 Å². The molecule has 8 heteroatoms. The van der Waals surface area contributed by atoms with Crippen molar-refractivity contribution in [3.05, 3.63) is 78.2 Å². The van der Waals surface area contributed by atoms with Gasteiger partial charge in [-0.1, -0.05) is 36.4 Å². The number of benzene rings is 1. The minimum atomic E-state index is 0.0495. The van der Waals surface area contributed by atoms with Gasteiger partial charge in [0.1, 0.15) is 12.2 Å². The second-order valence-electron chi connectivity index (χ2n) is 8.45. The van der Waals surface area contributed by atoms with Gasteiger partial charge in [-0.2, -0.15) is 5.10 Å². The molecule has 1 saturated heterocycles. The topological polar surface area (TPSA) is 80.0 Å². The number of amides is 1. The van der Waals surface area contributed by atoms with Crippen molar-refractivity contribution < 1.29 is 4.79 Å². The molecule has 0 unspecified atom stereocenters. The summed E-state index contributed by atoms with van der Waals surface area (Å²) >= 11 is 0. The van der Waals surface area contributed by atoms with E-state index in [-0.39, 0.29) is 12.5 Å². The van der Waals surface area contributed by atoms with E-state index in [2.05, 4.69) is 20.9 Å². The van der Waals surface area contributed by atoms with Gasteiger partial charge >= 0.3 is 0 Å². The van der Waals surface area contributed by atoms with Crippen molar-refractivity contribution in [3.63, 3.8) is 0 Å². The fourth-order valence-corrected chi connectivity index (χ4v) is 4.12. The monoisotopic (exact) mass is 453 g/mol. The van der Waals surface area contributed by atoms with Gasteiger partial charge in [0.05, 0.1) is 11.4 Å². The van der Waals surface area contributed by atoms with Crippen LogP contribution in [0.2, 0.25) is 0 Å². The van der Waals surface area contributed by atoms with E-state index < -0.39 is 0 Å². The summed E-state index contributed by atoms with van der Waals surface area (Å²) < 4.78 is 1.80. The van der Waals surface area contributed by atoms with Crippen molar-refractivity contribution in [1.82, 2.24) is 29.6 Å². The third-order valence-corrected chi connectivity index (χ3v) is 6.21. The van der Waals surface area contributed by atoms with Crippen molar-refractivity contribution >= 4 is 11.9 Å². The molecule has 5 rings (SSSR count). The Kier molecular flexibility index (Phi) is 6.03. The minimum absolute atomic E-state index is 0.0495. The zero-order valence-electron chi connectivity index (χ0n) is 19.4. The maximum Gasteiger partial charge on any atom is 0.244 e. The highest BCUT2D eigenvalue weighted by atomic mass is 16.2. The number of hydrogen-bond donors (Lipinski definition) is 0. The Bertz CT molecular complexity index is 1280. The summed E-state index contributed by atoms with van der Waals surface area (Å²) in [4.78, 5) is 30.6. The predicted molar refractivity (Wildman–Crippen MR) is 131 cm³/mol. The molecule has 1 fully saturated rings. The molecule has 1 aromatic carbocycles. The first-order valence-corrected chi connectivity index (χ1v) is 11.5. The molecule has 0 bridgehead atoms. The van der Waals surface area contributed by atoms with E-state index >= 15 is 0 Å². The van der Waals surface area contributed by atoms with Crippen molar-refractivity contribution in [1.29, 1.82) is 0 Å². The van der Waals surface area contributed by atoms with Gasteiger partial charge in [0.25, 0.3) is 0 Å². The van der Waals surface area contributed by atoms with Crippen molar-refractivity contribution in [2.45, 2.75) is 20.4 Å². The van der Waals surface area contributed by atoms with E-state index in [1.165, 1.54) is 0 Å². The maximum absolute atomic E-state index is 13.2. The highest BCUT2D eigenvalue weighted by Gasteiger charge is 2.24. The lowest BCUT2D eigenvalue weighted by molar-refractivity contribution is -0.132. The first-order chi connectivity index (χ1) is 16.6. The average molecular weight is 454 g/mol. The molecule has 8 nitrogen and oxygen atoms in total. The number of aromatic nitrogens is 5. The molecule has 3 aromatic heterocycles. The molecule has 34 heavy (non-hydrogen) atoms. The van der Waals surface area contributed by atoms with E-state index in [1.807, 2.05) is 61.2 Å². The molecule has 1 aliphatic rings. The SMILES string of the molecule is Cc1ccc(-c2cc(-c3ccccc3)n(CC(=O)N3CCN(c4ncccn4)CC3)n2)nc1C. The molecule has 4 heterocycles. The number of nitrogens with zero attached hydrogens (tertiary/aromatic N) is 7. The van der Waals surface area contributed by atoms with Crippen LogP contribution in [0.4, 0.5) is 5.95 Å². The average Bonchev–Trinajstić information content (AvgIpc) is 3.30. The fraction of sp³-hybridized carbons (Fsp3) is 0.269. The molecular formula is C26H27N7O. The molecule has 0 atom stereocenters. The Labute approximate surface area is 198 Å². The Morgan fingerprint density at radius 3 is 2.32 bits per heavy atom. The Balaban J connectivity index is 1.36. The first-order valence-electron chi connectivity index (χ1n) is 11.5. The first kappa shape index (κ1) is 21.8. The van der Waals surface area contributed by atoms with Crippen LogP contribution in [0.5, 0.6) is 0 Å². The summed E-state index contributed by atoms with van der Waals surface area (Å²) in [7, 11) is 0. The Morgan fingerprint density at radius 2 is 1.62 bits per heavy atom. The molecule has 1 aliphatic heterocycles. The lowest BCUT2D eigenvalue weighted by atomic mass is 10.1. The molecule has 0 saturated carbocycles. The number of hydrogen-bond acceptors (Lipinski definition) is 6. The number of anilines is 1. The minimum Gasteiger partial charge on any atom is -0.338 e. The third kappa shape index (κ3) is 4.52. The maximum atomic E-state index is 13.2.